The minimum absolute atomic E-state index is 0.192. The van der Waals surface area contributed by atoms with E-state index >= 15 is 0 Å². The van der Waals surface area contributed by atoms with Gasteiger partial charge in [-0.25, -0.2) is 4.79 Å². The molecule has 0 aliphatic carbocycles. The molecule has 2 aromatic heterocycles. The number of fused-ring (bicyclic) bond motifs is 1. The van der Waals surface area contributed by atoms with Gasteiger partial charge in [0.1, 0.15) is 5.76 Å². The van der Waals surface area contributed by atoms with E-state index in [1.54, 1.807) is 12.1 Å². The number of methoxy groups -OCH3 is 1. The van der Waals surface area contributed by atoms with Crippen LogP contribution in [-0.2, 0) is 11.3 Å². The second-order valence-corrected chi connectivity index (χ2v) is 7.09. The summed E-state index contributed by atoms with van der Waals surface area (Å²) in [6.07, 6.45) is 3.85. The van der Waals surface area contributed by atoms with Crippen molar-refractivity contribution in [2.45, 2.75) is 13.5 Å². The van der Waals surface area contributed by atoms with Crippen molar-refractivity contribution in [1.82, 2.24) is 4.57 Å². The number of nitrogens with zero attached hydrogens (tertiary/aromatic N) is 2. The Balaban J connectivity index is 1.66. The van der Waals surface area contributed by atoms with E-state index in [1.807, 2.05) is 55.7 Å². The largest absolute Gasteiger partial charge is 0.463 e. The fraction of sp³-hybridized carbons (Fsp3) is 0.130. The van der Waals surface area contributed by atoms with Crippen LogP contribution in [0.3, 0.4) is 0 Å². The summed E-state index contributed by atoms with van der Waals surface area (Å²) >= 11 is 6.20. The molecule has 0 aliphatic rings. The number of hydrogen-bond donors (Lipinski definition) is 0. The van der Waals surface area contributed by atoms with Gasteiger partial charge in [0.2, 0.25) is 5.76 Å². The highest BCUT2D eigenvalue weighted by atomic mass is 35.5. The smallest absolute Gasteiger partial charge is 0.373 e. The Kier molecular flexibility index (Phi) is 5.23. The maximum Gasteiger partial charge on any atom is 0.373 e. The molecule has 4 rings (SSSR count). The van der Waals surface area contributed by atoms with Crippen molar-refractivity contribution in [3.63, 3.8) is 0 Å². The highest BCUT2D eigenvalue weighted by molar-refractivity contribution is 6.31. The number of carbonyl (C=O) groups is 1. The van der Waals surface area contributed by atoms with Gasteiger partial charge in [-0.15, -0.1) is 0 Å². The molecule has 0 atom stereocenters. The minimum atomic E-state index is -0.488. The molecule has 4 aromatic rings. The summed E-state index contributed by atoms with van der Waals surface area (Å²) in [5.74, 6) is 0.371. The Morgan fingerprint density at radius 1 is 1.21 bits per heavy atom. The van der Waals surface area contributed by atoms with Crippen LogP contribution in [0.25, 0.3) is 10.9 Å². The third kappa shape index (κ3) is 3.96. The van der Waals surface area contributed by atoms with E-state index in [0.29, 0.717) is 17.3 Å². The van der Waals surface area contributed by atoms with Crippen molar-refractivity contribution in [2.75, 3.05) is 7.11 Å². The van der Waals surface area contributed by atoms with Crippen LogP contribution in [0, 0.1) is 6.92 Å². The van der Waals surface area contributed by atoms with Gasteiger partial charge >= 0.3 is 5.97 Å². The molecule has 0 saturated heterocycles. The first-order valence-corrected chi connectivity index (χ1v) is 9.48. The topological polar surface area (TPSA) is 56.7 Å². The molecule has 2 heterocycles. The van der Waals surface area contributed by atoms with E-state index < -0.39 is 5.97 Å². The highest BCUT2D eigenvalue weighted by Gasteiger charge is 2.13. The molecule has 5 nitrogen and oxygen atoms in total. The zero-order valence-electron chi connectivity index (χ0n) is 16.1. The van der Waals surface area contributed by atoms with Crippen molar-refractivity contribution in [1.29, 1.82) is 0 Å². The summed E-state index contributed by atoms with van der Waals surface area (Å²) in [7, 11) is 1.33. The number of carbonyl (C=O) groups excluding carboxylic acids is 1. The molecule has 0 bridgehead atoms. The van der Waals surface area contributed by atoms with Gasteiger partial charge in [-0.1, -0.05) is 35.9 Å². The van der Waals surface area contributed by atoms with Gasteiger partial charge < -0.3 is 13.7 Å². The number of aromatic nitrogens is 1. The Hall–Kier alpha value is -3.31. The van der Waals surface area contributed by atoms with Crippen LogP contribution >= 0.6 is 11.6 Å². The number of aryl methyl sites for hydroxylation is 1. The van der Waals surface area contributed by atoms with Gasteiger partial charge in [-0.2, -0.15) is 0 Å². The van der Waals surface area contributed by atoms with Crippen LogP contribution in [0.2, 0.25) is 5.02 Å². The summed E-state index contributed by atoms with van der Waals surface area (Å²) in [6.45, 7) is 2.45. The summed E-state index contributed by atoms with van der Waals surface area (Å²) in [6, 6.07) is 17.2. The Morgan fingerprint density at radius 3 is 2.83 bits per heavy atom. The zero-order chi connectivity index (χ0) is 20.4. The molecule has 0 fully saturated rings. The van der Waals surface area contributed by atoms with Crippen LogP contribution in [0.4, 0.5) is 5.69 Å². The third-order valence-electron chi connectivity index (χ3n) is 4.70. The molecule has 2 aromatic carbocycles. The van der Waals surface area contributed by atoms with E-state index in [1.165, 1.54) is 7.11 Å². The number of para-hydroxylation sites is 1. The number of benzene rings is 2. The van der Waals surface area contributed by atoms with Crippen molar-refractivity contribution in [3.05, 3.63) is 88.5 Å². The Labute approximate surface area is 173 Å². The van der Waals surface area contributed by atoms with E-state index in [0.717, 1.165) is 27.7 Å². The van der Waals surface area contributed by atoms with Crippen LogP contribution < -0.4 is 0 Å². The molecule has 0 amide bonds. The lowest BCUT2D eigenvalue weighted by Crippen LogP contribution is -1.99. The van der Waals surface area contributed by atoms with E-state index in [2.05, 4.69) is 15.6 Å². The summed E-state index contributed by atoms with van der Waals surface area (Å²) in [5.41, 5.74) is 3.85. The third-order valence-corrected chi connectivity index (χ3v) is 5.11. The van der Waals surface area contributed by atoms with Crippen LogP contribution in [0.1, 0.15) is 27.4 Å². The number of ether oxygens (including phenoxy) is 1. The van der Waals surface area contributed by atoms with E-state index in [4.69, 9.17) is 20.8 Å². The van der Waals surface area contributed by atoms with E-state index in [-0.39, 0.29) is 5.76 Å². The van der Waals surface area contributed by atoms with Crippen molar-refractivity contribution < 1.29 is 13.9 Å². The quantitative estimate of drug-likeness (QED) is 0.311. The molecule has 146 valence electrons. The van der Waals surface area contributed by atoms with Gasteiger partial charge in [-0.05, 0) is 42.8 Å². The van der Waals surface area contributed by atoms with Gasteiger partial charge in [0.05, 0.1) is 19.3 Å². The molecule has 29 heavy (non-hydrogen) atoms. The first kappa shape index (κ1) is 19.0. The number of aliphatic imine (C=N–C) groups is 1. The van der Waals surface area contributed by atoms with Crippen molar-refractivity contribution in [3.8, 4) is 0 Å². The molecule has 0 unspecified atom stereocenters. The fourth-order valence-electron chi connectivity index (χ4n) is 3.16. The lowest BCUT2D eigenvalue weighted by Gasteiger charge is -2.02. The molecular weight excluding hydrogens is 388 g/mol. The highest BCUT2D eigenvalue weighted by Crippen LogP contribution is 2.25. The van der Waals surface area contributed by atoms with Gasteiger partial charge in [-0.3, -0.25) is 4.99 Å². The fourth-order valence-corrected chi connectivity index (χ4v) is 3.33. The monoisotopic (exact) mass is 406 g/mol. The number of furan rings is 1. The normalized spacial score (nSPS) is 11.4. The standard InChI is InChI=1S/C23H19ClN2O3/c1-15-7-8-17(11-20(15)24)25-12-16-13-26(21-6-4-3-5-19(16)21)14-18-9-10-22(29-18)23(27)28-2/h3-13H,14H2,1-2H3. The second-order valence-electron chi connectivity index (χ2n) is 6.68. The average Bonchev–Trinajstić information content (AvgIpc) is 3.34. The van der Waals surface area contributed by atoms with Gasteiger partial charge in [0.25, 0.3) is 0 Å². The SMILES string of the molecule is COC(=O)c1ccc(Cn2cc(C=Nc3ccc(C)c(Cl)c3)c3ccccc32)o1. The number of hydrogen-bond acceptors (Lipinski definition) is 4. The first-order chi connectivity index (χ1) is 14.0. The Bertz CT molecular complexity index is 1220. The average molecular weight is 407 g/mol. The Morgan fingerprint density at radius 2 is 2.03 bits per heavy atom. The predicted octanol–water partition coefficient (Wildman–Crippen LogP) is 5.78. The molecule has 0 radical (unpaired) electrons. The summed E-state index contributed by atoms with van der Waals surface area (Å²) in [5, 5.41) is 1.77. The lowest BCUT2D eigenvalue weighted by atomic mass is 10.2. The molecular formula is C23H19ClN2O3. The van der Waals surface area contributed by atoms with Gasteiger partial charge in [0, 0.05) is 33.9 Å². The lowest BCUT2D eigenvalue weighted by molar-refractivity contribution is 0.0563. The minimum Gasteiger partial charge on any atom is -0.463 e. The maximum absolute atomic E-state index is 11.6. The molecule has 0 saturated carbocycles. The maximum atomic E-state index is 11.6. The molecule has 0 spiro atoms. The first-order valence-electron chi connectivity index (χ1n) is 9.10. The van der Waals surface area contributed by atoms with Crippen LogP contribution in [0.5, 0.6) is 0 Å². The van der Waals surface area contributed by atoms with Crippen LogP contribution in [0.15, 0.2) is 70.2 Å². The molecule has 0 N–H and O–H groups in total. The second kappa shape index (κ2) is 7.97. The predicted molar refractivity (Wildman–Crippen MR) is 115 cm³/mol. The molecule has 0 aliphatic heterocycles. The van der Waals surface area contributed by atoms with Gasteiger partial charge in [0.15, 0.2) is 0 Å². The summed E-state index contributed by atoms with van der Waals surface area (Å²) < 4.78 is 12.4. The number of halogens is 1. The zero-order valence-corrected chi connectivity index (χ0v) is 16.8. The summed E-state index contributed by atoms with van der Waals surface area (Å²) in [4.78, 5) is 16.2. The van der Waals surface area contributed by atoms with E-state index in [9.17, 15) is 4.79 Å². The number of esters is 1. The van der Waals surface area contributed by atoms with Crippen LogP contribution in [-0.4, -0.2) is 23.9 Å². The number of rotatable bonds is 5. The molecule has 6 heteroatoms. The van der Waals surface area contributed by atoms with Crippen molar-refractivity contribution >= 4 is 40.4 Å². The van der Waals surface area contributed by atoms with Crippen molar-refractivity contribution in [2.24, 2.45) is 4.99 Å².